The van der Waals surface area contributed by atoms with Crippen molar-refractivity contribution < 1.29 is 19.0 Å². The summed E-state index contributed by atoms with van der Waals surface area (Å²) in [6.45, 7) is 2.88. The van der Waals surface area contributed by atoms with Crippen LogP contribution in [0.1, 0.15) is 51.8 Å². The van der Waals surface area contributed by atoms with E-state index >= 15 is 4.39 Å². The molecule has 1 aliphatic carbocycles. The average Bonchev–Trinajstić information content (AvgIpc) is 3.43. The number of carbonyl (C=O) groups is 1. The lowest BCUT2D eigenvalue weighted by molar-refractivity contribution is -0.0210. The highest BCUT2D eigenvalue weighted by Gasteiger charge is 2.32. The van der Waals surface area contributed by atoms with Gasteiger partial charge in [0.1, 0.15) is 23.0 Å². The lowest BCUT2D eigenvalue weighted by atomic mass is 9.97. The van der Waals surface area contributed by atoms with Crippen molar-refractivity contribution in [2.75, 3.05) is 43.5 Å². The van der Waals surface area contributed by atoms with Crippen LogP contribution in [0.5, 0.6) is 0 Å². The quantitative estimate of drug-likeness (QED) is 0.337. The summed E-state index contributed by atoms with van der Waals surface area (Å²) in [6, 6.07) is 9.99. The fourth-order valence-electron chi connectivity index (χ4n) is 6.89. The Morgan fingerprint density at radius 3 is 2.69 bits per heavy atom. The maximum Gasteiger partial charge on any atom is 0.274 e. The standard InChI is InChI=1S/C34H37FN6O4/c1-38-11-12-45-31(19-38)22-7-8-32(36-17-22)37-27-13-23(18-39(2)33(27)43)25-15-24(35)16-29(26(25)20-42)41-10-9-40-28-6-4-3-5-21(28)14-30(40)34(41)44/h7-8,13-18,31,42H,3-6,9-12,19-20H2,1-2H3,(H,36,37). The predicted molar refractivity (Wildman–Crippen MR) is 169 cm³/mol. The molecule has 2 N–H and O–H groups in total. The fourth-order valence-corrected chi connectivity index (χ4v) is 6.89. The van der Waals surface area contributed by atoms with E-state index in [2.05, 4.69) is 26.8 Å². The Morgan fingerprint density at radius 2 is 1.91 bits per heavy atom. The van der Waals surface area contributed by atoms with Crippen molar-refractivity contribution >= 4 is 23.1 Å². The monoisotopic (exact) mass is 612 g/mol. The van der Waals surface area contributed by atoms with Crippen molar-refractivity contribution in [1.82, 2.24) is 19.0 Å². The summed E-state index contributed by atoms with van der Waals surface area (Å²) >= 11 is 0. The molecule has 1 fully saturated rings. The number of aliphatic hydroxyl groups excluding tert-OH is 1. The Morgan fingerprint density at radius 1 is 1.07 bits per heavy atom. The molecule has 1 amide bonds. The zero-order chi connectivity index (χ0) is 31.2. The number of rotatable bonds is 6. The van der Waals surface area contributed by atoms with Crippen LogP contribution in [0.4, 0.5) is 21.6 Å². The van der Waals surface area contributed by atoms with Gasteiger partial charge in [0.15, 0.2) is 0 Å². The SMILES string of the molecule is CN1CCOC(c2ccc(Nc3cc(-c4cc(F)cc(N5CCn6c(cc7c6CCCC7)C5=O)c4CO)cn(C)c3=O)nc2)C1. The number of hydrogen-bond acceptors (Lipinski definition) is 7. The molecule has 3 aromatic heterocycles. The number of anilines is 3. The van der Waals surface area contributed by atoms with Crippen molar-refractivity contribution in [2.45, 2.75) is 44.9 Å². The van der Waals surface area contributed by atoms with E-state index in [-0.39, 0.29) is 23.3 Å². The number of likely N-dealkylation sites (N-methyl/N-ethyl adjacent to an activating group) is 1. The molecule has 7 rings (SSSR count). The summed E-state index contributed by atoms with van der Waals surface area (Å²) in [5, 5.41) is 13.7. The second-order valence-electron chi connectivity index (χ2n) is 12.2. The topological polar surface area (TPSA) is 105 Å². The number of nitrogens with one attached hydrogen (secondary N) is 1. The first-order valence-electron chi connectivity index (χ1n) is 15.5. The van der Waals surface area contributed by atoms with E-state index in [4.69, 9.17) is 4.74 Å². The van der Waals surface area contributed by atoms with Crippen molar-refractivity contribution in [3.05, 3.63) is 93.0 Å². The smallest absolute Gasteiger partial charge is 0.274 e. The van der Waals surface area contributed by atoms with Crippen LogP contribution >= 0.6 is 0 Å². The van der Waals surface area contributed by atoms with Gasteiger partial charge in [0.2, 0.25) is 0 Å². The van der Waals surface area contributed by atoms with Gasteiger partial charge in [-0.2, -0.15) is 0 Å². The predicted octanol–water partition coefficient (Wildman–Crippen LogP) is 4.17. The summed E-state index contributed by atoms with van der Waals surface area (Å²) in [6.07, 6.45) is 7.43. The number of hydrogen-bond donors (Lipinski definition) is 2. The number of ether oxygens (including phenoxy) is 1. The fraction of sp³-hybridized carbons (Fsp3) is 0.382. The number of amides is 1. The molecule has 5 heterocycles. The zero-order valence-electron chi connectivity index (χ0n) is 25.6. The molecule has 0 spiro atoms. The van der Waals surface area contributed by atoms with E-state index in [1.165, 1.54) is 28.0 Å². The Labute approximate surface area is 260 Å². The number of aliphatic hydroxyl groups is 1. The Hall–Kier alpha value is -4.32. The number of morpholine rings is 1. The lowest BCUT2D eigenvalue weighted by Crippen LogP contribution is -2.41. The molecule has 1 aromatic carbocycles. The van der Waals surface area contributed by atoms with Crippen LogP contribution in [0.15, 0.2) is 53.6 Å². The number of carbonyl (C=O) groups excluding carboxylic acids is 1. The molecular weight excluding hydrogens is 575 g/mol. The molecule has 2 aliphatic heterocycles. The van der Waals surface area contributed by atoms with Crippen LogP contribution in [0, 0.1) is 5.82 Å². The van der Waals surface area contributed by atoms with Gasteiger partial charge in [-0.15, -0.1) is 0 Å². The van der Waals surface area contributed by atoms with Gasteiger partial charge >= 0.3 is 0 Å². The summed E-state index contributed by atoms with van der Waals surface area (Å²) < 4.78 is 24.7. The van der Waals surface area contributed by atoms with E-state index in [0.29, 0.717) is 53.6 Å². The minimum atomic E-state index is -0.540. The van der Waals surface area contributed by atoms with Crippen LogP contribution < -0.4 is 15.8 Å². The molecule has 0 radical (unpaired) electrons. The molecule has 1 unspecified atom stereocenters. The maximum atomic E-state index is 15.3. The van der Waals surface area contributed by atoms with Gasteiger partial charge in [0, 0.05) is 68.0 Å². The van der Waals surface area contributed by atoms with Crippen LogP contribution in [0.2, 0.25) is 0 Å². The molecule has 11 heteroatoms. The van der Waals surface area contributed by atoms with Crippen molar-refractivity contribution in [3.63, 3.8) is 0 Å². The summed E-state index contributed by atoms with van der Waals surface area (Å²) in [5.74, 6) is -0.268. The maximum absolute atomic E-state index is 15.3. The summed E-state index contributed by atoms with van der Waals surface area (Å²) in [5.41, 5.74) is 5.64. The highest BCUT2D eigenvalue weighted by atomic mass is 19.1. The van der Waals surface area contributed by atoms with E-state index in [0.717, 1.165) is 44.3 Å². The van der Waals surface area contributed by atoms with E-state index in [1.54, 1.807) is 36.5 Å². The number of pyridine rings is 2. The first-order valence-corrected chi connectivity index (χ1v) is 15.5. The minimum Gasteiger partial charge on any atom is -0.392 e. The molecule has 3 aliphatic rings. The van der Waals surface area contributed by atoms with E-state index in [9.17, 15) is 14.7 Å². The molecule has 234 valence electrons. The Bertz CT molecular complexity index is 1830. The largest absolute Gasteiger partial charge is 0.392 e. The van der Waals surface area contributed by atoms with Crippen molar-refractivity contribution in [2.24, 2.45) is 7.05 Å². The molecule has 4 aromatic rings. The summed E-state index contributed by atoms with van der Waals surface area (Å²) in [7, 11) is 3.67. The third-order valence-electron chi connectivity index (χ3n) is 9.24. The Kier molecular flexibility index (Phi) is 7.76. The van der Waals surface area contributed by atoms with Gasteiger partial charge in [0.25, 0.3) is 11.5 Å². The van der Waals surface area contributed by atoms with Crippen LogP contribution in [0.3, 0.4) is 0 Å². The minimum absolute atomic E-state index is 0.0676. The number of fused-ring (bicyclic) bond motifs is 3. The first kappa shape index (κ1) is 29.4. The number of benzene rings is 1. The number of nitrogens with zero attached hydrogens (tertiary/aromatic N) is 5. The van der Waals surface area contributed by atoms with Crippen LogP contribution in [-0.2, 0) is 37.8 Å². The van der Waals surface area contributed by atoms with Gasteiger partial charge in [0.05, 0.1) is 25.0 Å². The van der Waals surface area contributed by atoms with Gasteiger partial charge in [-0.05, 0) is 74.2 Å². The molecule has 10 nitrogen and oxygen atoms in total. The third kappa shape index (κ3) is 5.45. The lowest BCUT2D eigenvalue weighted by Gasteiger charge is -2.31. The number of halogens is 1. The molecule has 0 bridgehead atoms. The van der Waals surface area contributed by atoms with Gasteiger partial charge < -0.3 is 34.1 Å². The molecule has 0 saturated carbocycles. The molecule has 1 atom stereocenters. The molecule has 1 saturated heterocycles. The first-order chi connectivity index (χ1) is 21.8. The van der Waals surface area contributed by atoms with Gasteiger partial charge in [-0.3, -0.25) is 9.59 Å². The highest BCUT2D eigenvalue weighted by molar-refractivity contribution is 6.07. The van der Waals surface area contributed by atoms with E-state index < -0.39 is 12.4 Å². The van der Waals surface area contributed by atoms with Gasteiger partial charge in [-0.1, -0.05) is 6.07 Å². The van der Waals surface area contributed by atoms with Gasteiger partial charge in [-0.25, -0.2) is 9.37 Å². The molecular formula is C34H37FN6O4. The normalized spacial score (nSPS) is 18.5. The Balaban J connectivity index is 1.21. The number of aromatic nitrogens is 3. The second-order valence-corrected chi connectivity index (χ2v) is 12.2. The zero-order valence-corrected chi connectivity index (χ0v) is 25.6. The molecule has 45 heavy (non-hydrogen) atoms. The number of aryl methyl sites for hydroxylation is 2. The average molecular weight is 613 g/mol. The van der Waals surface area contributed by atoms with Crippen LogP contribution in [0.25, 0.3) is 11.1 Å². The third-order valence-corrected chi connectivity index (χ3v) is 9.24. The van der Waals surface area contributed by atoms with E-state index in [1.807, 2.05) is 12.1 Å². The second kappa shape index (κ2) is 11.9. The highest BCUT2D eigenvalue weighted by Crippen LogP contribution is 2.37. The van der Waals surface area contributed by atoms with Crippen molar-refractivity contribution in [3.8, 4) is 11.1 Å². The summed E-state index contributed by atoms with van der Waals surface area (Å²) in [4.78, 5) is 35.2. The van der Waals surface area contributed by atoms with Crippen LogP contribution in [-0.4, -0.2) is 63.3 Å². The van der Waals surface area contributed by atoms with Crippen molar-refractivity contribution in [1.29, 1.82) is 0 Å².